The van der Waals surface area contributed by atoms with E-state index in [1.807, 2.05) is 12.1 Å². The van der Waals surface area contributed by atoms with E-state index in [1.54, 1.807) is 12.3 Å². The van der Waals surface area contributed by atoms with Crippen LogP contribution in [0.15, 0.2) is 48.9 Å². The van der Waals surface area contributed by atoms with Crippen LogP contribution in [0.2, 0.25) is 0 Å². The van der Waals surface area contributed by atoms with Crippen LogP contribution in [0.3, 0.4) is 0 Å². The molecule has 14 heteroatoms. The van der Waals surface area contributed by atoms with E-state index >= 15 is 0 Å². The maximum Gasteiger partial charge on any atom is 0.325 e. The molecule has 2 aromatic carbocycles. The molecule has 3 aromatic heterocycles. The topological polar surface area (TPSA) is 151 Å². The van der Waals surface area contributed by atoms with Crippen LogP contribution in [0.25, 0.3) is 21.5 Å². The maximum atomic E-state index is 14.6. The summed E-state index contributed by atoms with van der Waals surface area (Å²) in [5.41, 5.74) is 1.41. The first-order valence-corrected chi connectivity index (χ1v) is 10.8. The molecular weight excluding hydrogens is 482 g/mol. The highest BCUT2D eigenvalue weighted by Gasteiger charge is 2.19. The van der Waals surface area contributed by atoms with E-state index in [1.165, 1.54) is 18.5 Å². The van der Waals surface area contributed by atoms with Gasteiger partial charge in [0.05, 0.1) is 29.0 Å². The second kappa shape index (κ2) is 8.90. The Labute approximate surface area is 198 Å². The number of benzene rings is 2. The minimum Gasteiger partial charge on any atom is -0.480 e. The van der Waals surface area contributed by atoms with Gasteiger partial charge in [-0.25, -0.2) is 8.78 Å². The van der Waals surface area contributed by atoms with Crippen LogP contribution < -0.4 is 10.6 Å². The molecule has 176 valence electrons. The van der Waals surface area contributed by atoms with E-state index in [0.717, 1.165) is 33.0 Å². The Bertz CT molecular complexity index is 1580. The average Bonchev–Trinajstić information content (AvgIpc) is 3.56. The third-order valence-electron chi connectivity index (χ3n) is 4.83. The number of aromatic amines is 1. The van der Waals surface area contributed by atoms with Crippen LogP contribution in [0, 0.1) is 11.6 Å². The van der Waals surface area contributed by atoms with E-state index in [9.17, 15) is 18.4 Å². The van der Waals surface area contributed by atoms with Crippen molar-refractivity contribution >= 4 is 50.6 Å². The molecule has 4 N–H and O–H groups in total. The number of aromatic nitrogens is 6. The van der Waals surface area contributed by atoms with E-state index in [4.69, 9.17) is 5.11 Å². The second-order valence-electron chi connectivity index (χ2n) is 7.30. The van der Waals surface area contributed by atoms with Crippen LogP contribution in [0.1, 0.15) is 10.4 Å². The fourth-order valence-corrected chi connectivity index (χ4v) is 4.03. The van der Waals surface area contributed by atoms with Crippen molar-refractivity contribution in [1.82, 2.24) is 30.2 Å². The zero-order valence-corrected chi connectivity index (χ0v) is 18.3. The average molecular weight is 496 g/mol. The highest BCUT2D eigenvalue weighted by Crippen LogP contribution is 2.33. The Kier molecular flexibility index (Phi) is 5.62. The molecular formula is C21H14F2N8O3S. The molecule has 5 rings (SSSR count). The molecule has 0 bridgehead atoms. The first-order valence-electron chi connectivity index (χ1n) is 9.94. The first kappa shape index (κ1) is 22.1. The smallest absolute Gasteiger partial charge is 0.325 e. The van der Waals surface area contributed by atoms with Crippen molar-refractivity contribution in [2.45, 2.75) is 6.54 Å². The third kappa shape index (κ3) is 4.67. The quantitative estimate of drug-likeness (QED) is 0.267. The van der Waals surface area contributed by atoms with Gasteiger partial charge in [-0.15, -0.1) is 10.2 Å². The van der Waals surface area contributed by atoms with Gasteiger partial charge >= 0.3 is 5.97 Å². The van der Waals surface area contributed by atoms with Gasteiger partial charge in [0.25, 0.3) is 5.91 Å². The summed E-state index contributed by atoms with van der Waals surface area (Å²) in [5.74, 6) is -4.12. The van der Waals surface area contributed by atoms with Crippen LogP contribution in [0.5, 0.6) is 0 Å². The lowest BCUT2D eigenvalue weighted by Gasteiger charge is -2.07. The highest BCUT2D eigenvalue weighted by atomic mass is 32.1. The molecule has 0 unspecified atom stereocenters. The largest absolute Gasteiger partial charge is 0.480 e. The Morgan fingerprint density at radius 2 is 1.97 bits per heavy atom. The molecule has 0 spiro atoms. The Morgan fingerprint density at radius 1 is 1.11 bits per heavy atom. The Hall–Kier alpha value is -4.72. The van der Waals surface area contributed by atoms with Crippen LogP contribution in [-0.4, -0.2) is 47.2 Å². The van der Waals surface area contributed by atoms with Gasteiger partial charge in [-0.2, -0.15) is 10.2 Å². The number of halogens is 2. The summed E-state index contributed by atoms with van der Waals surface area (Å²) in [4.78, 5) is 23.2. The van der Waals surface area contributed by atoms with Crippen LogP contribution in [0.4, 0.5) is 25.3 Å². The first-order chi connectivity index (χ1) is 16.9. The van der Waals surface area contributed by atoms with E-state index in [0.29, 0.717) is 10.8 Å². The number of nitrogens with zero attached hydrogens (tertiary/aromatic N) is 5. The van der Waals surface area contributed by atoms with E-state index in [2.05, 4.69) is 36.1 Å². The number of H-pyrrole nitrogens is 1. The number of hydrogen-bond donors (Lipinski definition) is 4. The number of nitrogens with one attached hydrogen (secondary N) is 3. The van der Waals surface area contributed by atoms with Crippen molar-refractivity contribution in [3.63, 3.8) is 0 Å². The second-order valence-corrected chi connectivity index (χ2v) is 8.28. The lowest BCUT2D eigenvalue weighted by Crippen LogP contribution is -2.12. The number of carboxylic acid groups (broad SMARTS) is 1. The van der Waals surface area contributed by atoms with Gasteiger partial charge in [0.1, 0.15) is 6.54 Å². The van der Waals surface area contributed by atoms with Crippen LogP contribution in [-0.2, 0) is 11.3 Å². The van der Waals surface area contributed by atoms with E-state index < -0.39 is 30.1 Å². The molecule has 11 nitrogen and oxygen atoms in total. The number of rotatable bonds is 7. The number of fused-ring (bicyclic) bond motifs is 1. The molecule has 0 aliphatic carbocycles. The molecule has 0 atom stereocenters. The molecule has 1 amide bonds. The summed E-state index contributed by atoms with van der Waals surface area (Å²) >= 11 is 0.999. The summed E-state index contributed by atoms with van der Waals surface area (Å²) in [6.45, 7) is -0.425. The van der Waals surface area contributed by atoms with Gasteiger partial charge in [-0.1, -0.05) is 11.3 Å². The monoisotopic (exact) mass is 496 g/mol. The van der Waals surface area contributed by atoms with Crippen molar-refractivity contribution in [3.8, 4) is 10.6 Å². The fraction of sp³-hybridized carbons (Fsp3) is 0.0476. The molecule has 0 fully saturated rings. The molecule has 0 aliphatic rings. The summed E-state index contributed by atoms with van der Waals surface area (Å²) in [6, 6.07) is 7.54. The summed E-state index contributed by atoms with van der Waals surface area (Å²) in [5, 5.41) is 34.2. The summed E-state index contributed by atoms with van der Waals surface area (Å²) in [6.07, 6.45) is 4.07. The van der Waals surface area contributed by atoms with Gasteiger partial charge in [0.2, 0.25) is 5.13 Å². The number of amides is 1. The lowest BCUT2D eigenvalue weighted by atomic mass is 10.1. The van der Waals surface area contributed by atoms with Crippen molar-refractivity contribution in [2.75, 3.05) is 10.6 Å². The molecule has 0 radical (unpaired) electrons. The van der Waals surface area contributed by atoms with Gasteiger partial charge in [0.15, 0.2) is 16.6 Å². The molecule has 5 aromatic rings. The van der Waals surface area contributed by atoms with E-state index in [-0.39, 0.29) is 21.8 Å². The van der Waals surface area contributed by atoms with Gasteiger partial charge in [-0.05, 0) is 24.3 Å². The fourth-order valence-electron chi connectivity index (χ4n) is 3.25. The SMILES string of the molecule is O=C(O)Cn1cc(C(=O)Nc2cc(F)c(F)c(-c3nnc(Nc4ccc5[nH]ncc5c4)s3)c2)cn1. The van der Waals surface area contributed by atoms with Crippen molar-refractivity contribution in [2.24, 2.45) is 0 Å². The minimum absolute atomic E-state index is 0.0231. The van der Waals surface area contributed by atoms with Crippen molar-refractivity contribution in [1.29, 1.82) is 0 Å². The van der Waals surface area contributed by atoms with Gasteiger partial charge in [0, 0.05) is 29.0 Å². The van der Waals surface area contributed by atoms with Crippen LogP contribution >= 0.6 is 11.3 Å². The maximum absolute atomic E-state index is 14.6. The molecule has 3 heterocycles. The highest BCUT2D eigenvalue weighted by molar-refractivity contribution is 7.18. The molecule has 0 saturated heterocycles. The molecule has 0 aliphatic heterocycles. The number of aliphatic carboxylic acids is 1. The summed E-state index contributed by atoms with van der Waals surface area (Å²) in [7, 11) is 0. The Balaban J connectivity index is 1.36. The van der Waals surface area contributed by atoms with Gasteiger partial charge in [-0.3, -0.25) is 19.4 Å². The number of carbonyl (C=O) groups is 2. The standard InChI is InChI=1S/C21H14F2N8O3S/c22-15-5-13(26-19(34)11-7-25-31(8-11)9-17(32)33)4-14(18(15)23)20-29-30-21(35-20)27-12-1-2-16-10(3-12)6-24-28-16/h1-8H,9H2,(H,24,28)(H,26,34)(H,27,30)(H,32,33). The number of carbonyl (C=O) groups excluding carboxylic acids is 1. The minimum atomic E-state index is -1.19. The Morgan fingerprint density at radius 3 is 2.80 bits per heavy atom. The molecule has 0 saturated carbocycles. The van der Waals surface area contributed by atoms with Crippen molar-refractivity contribution in [3.05, 3.63) is 66.1 Å². The summed E-state index contributed by atoms with van der Waals surface area (Å²) < 4.78 is 30.0. The van der Waals surface area contributed by atoms with Gasteiger partial charge < -0.3 is 15.7 Å². The normalized spacial score (nSPS) is 11.0. The third-order valence-corrected chi connectivity index (χ3v) is 5.70. The van der Waals surface area contributed by atoms with Crippen molar-refractivity contribution < 1.29 is 23.5 Å². The number of hydrogen-bond acceptors (Lipinski definition) is 8. The number of carboxylic acids is 1. The predicted molar refractivity (Wildman–Crippen MR) is 122 cm³/mol. The zero-order chi connectivity index (χ0) is 24.5. The predicted octanol–water partition coefficient (Wildman–Crippen LogP) is 3.64. The lowest BCUT2D eigenvalue weighted by molar-refractivity contribution is -0.137. The molecule has 35 heavy (non-hydrogen) atoms. The number of anilines is 3. The zero-order valence-electron chi connectivity index (χ0n) is 17.5.